The number of rotatable bonds is 4. The molecule has 2 aliphatic heterocycles. The summed E-state index contributed by atoms with van der Waals surface area (Å²) in [6, 6.07) is 8.53. The van der Waals surface area contributed by atoms with E-state index in [4.69, 9.17) is 10.5 Å². The van der Waals surface area contributed by atoms with Gasteiger partial charge in [-0.15, -0.1) is 6.58 Å². The number of nitrogens with two attached hydrogens (primary N) is 1. The third kappa shape index (κ3) is 1.73. The molecule has 2 saturated heterocycles. The Kier molecular flexibility index (Phi) is 2.89. The first-order valence-electron chi connectivity index (χ1n) is 8.75. The molecular weight excluding hydrogens is 298 g/mol. The molecule has 5 rings (SSSR count). The van der Waals surface area contributed by atoms with Crippen LogP contribution in [-0.4, -0.2) is 35.1 Å². The van der Waals surface area contributed by atoms with Crippen LogP contribution in [0, 0.1) is 11.8 Å². The summed E-state index contributed by atoms with van der Waals surface area (Å²) in [6.45, 7) is 5.14. The van der Waals surface area contributed by atoms with Gasteiger partial charge in [-0.25, -0.2) is 0 Å². The minimum absolute atomic E-state index is 0.0121. The van der Waals surface area contributed by atoms with E-state index < -0.39 is 0 Å². The van der Waals surface area contributed by atoms with Gasteiger partial charge in [-0.05, 0) is 54.5 Å². The van der Waals surface area contributed by atoms with Gasteiger partial charge in [-0.2, -0.15) is 0 Å². The second-order valence-electron chi connectivity index (χ2n) is 7.55. The first-order chi connectivity index (χ1) is 11.7. The zero-order valence-corrected chi connectivity index (χ0v) is 14.0. The number of ether oxygens (including phenoxy) is 1. The van der Waals surface area contributed by atoms with Crippen LogP contribution in [0.25, 0.3) is 10.9 Å². The molecule has 0 radical (unpaired) electrons. The molecule has 1 aromatic carbocycles. The minimum atomic E-state index is 0.0121. The Morgan fingerprint density at radius 1 is 1.42 bits per heavy atom. The van der Waals surface area contributed by atoms with Crippen LogP contribution in [0.4, 0.5) is 0 Å². The standard InChI is InChI=1S/C20H23N3O/c1-3-12-11-23-18(10-20(23)9-16(12)20)19(21)14-6-7-22-17-5-4-13(24-2)8-15(14)17/h3-8,12,16,18-19H,1,9-11,21H2,2H3/t12?,16?,18-,19?,20?/m1/s1. The van der Waals surface area contributed by atoms with E-state index in [2.05, 4.69) is 34.7 Å². The van der Waals surface area contributed by atoms with Crippen molar-refractivity contribution in [1.29, 1.82) is 0 Å². The van der Waals surface area contributed by atoms with E-state index in [0.717, 1.165) is 29.1 Å². The lowest BCUT2D eigenvalue weighted by atomic mass is 9.82. The Bertz CT molecular complexity index is 835. The highest BCUT2D eigenvalue weighted by Gasteiger charge is 2.73. The maximum Gasteiger partial charge on any atom is 0.119 e. The Labute approximate surface area is 142 Å². The van der Waals surface area contributed by atoms with Gasteiger partial charge in [-0.1, -0.05) is 6.08 Å². The fourth-order valence-corrected chi connectivity index (χ4v) is 5.25. The first kappa shape index (κ1) is 14.4. The smallest absolute Gasteiger partial charge is 0.119 e. The number of nitrogens with zero attached hydrogens (tertiary/aromatic N) is 2. The molecule has 3 heterocycles. The van der Waals surface area contributed by atoms with Crippen molar-refractivity contribution in [2.24, 2.45) is 17.6 Å². The normalized spacial score (nSPS) is 35.0. The topological polar surface area (TPSA) is 51.4 Å². The van der Waals surface area contributed by atoms with Gasteiger partial charge in [0.25, 0.3) is 0 Å². The van der Waals surface area contributed by atoms with Gasteiger partial charge in [0.1, 0.15) is 5.75 Å². The maximum atomic E-state index is 6.74. The molecule has 1 aromatic heterocycles. The Morgan fingerprint density at radius 3 is 3.08 bits per heavy atom. The first-order valence-corrected chi connectivity index (χ1v) is 8.75. The third-order valence-electron chi connectivity index (χ3n) is 6.62. The van der Waals surface area contributed by atoms with Crippen molar-refractivity contribution in [1.82, 2.24) is 9.88 Å². The van der Waals surface area contributed by atoms with Crippen molar-refractivity contribution in [3.05, 3.63) is 48.7 Å². The van der Waals surface area contributed by atoms with Gasteiger partial charge >= 0.3 is 0 Å². The molecule has 24 heavy (non-hydrogen) atoms. The summed E-state index contributed by atoms with van der Waals surface area (Å²) in [5.74, 6) is 2.33. The lowest BCUT2D eigenvalue weighted by molar-refractivity contribution is 0.000409. The van der Waals surface area contributed by atoms with Gasteiger partial charge in [-0.3, -0.25) is 9.88 Å². The number of hydrogen-bond acceptors (Lipinski definition) is 4. The molecule has 1 aliphatic carbocycles. The van der Waals surface area contributed by atoms with Crippen molar-refractivity contribution in [2.75, 3.05) is 13.7 Å². The van der Waals surface area contributed by atoms with Crippen molar-refractivity contribution in [2.45, 2.75) is 30.5 Å². The van der Waals surface area contributed by atoms with Gasteiger partial charge in [0, 0.05) is 35.8 Å². The minimum Gasteiger partial charge on any atom is -0.497 e. The van der Waals surface area contributed by atoms with Crippen LogP contribution in [0.2, 0.25) is 0 Å². The Hall–Kier alpha value is -1.91. The zero-order chi connectivity index (χ0) is 16.5. The molecule has 3 fully saturated rings. The molecule has 2 N–H and O–H groups in total. The molecule has 124 valence electrons. The van der Waals surface area contributed by atoms with E-state index in [0.29, 0.717) is 17.5 Å². The summed E-state index contributed by atoms with van der Waals surface area (Å²) >= 11 is 0. The molecule has 2 aromatic rings. The monoisotopic (exact) mass is 321 g/mol. The number of piperidine rings is 1. The molecule has 3 aliphatic rings. The average molecular weight is 321 g/mol. The zero-order valence-electron chi connectivity index (χ0n) is 14.0. The summed E-state index contributed by atoms with van der Waals surface area (Å²) in [7, 11) is 1.69. The molecular formula is C20H23N3O. The highest BCUT2D eigenvalue weighted by molar-refractivity contribution is 5.84. The van der Waals surface area contributed by atoms with Gasteiger partial charge in [0.2, 0.25) is 0 Å². The number of benzene rings is 1. The van der Waals surface area contributed by atoms with Crippen molar-refractivity contribution in [3.8, 4) is 5.75 Å². The molecule has 1 saturated carbocycles. The molecule has 0 amide bonds. The summed E-state index contributed by atoms with van der Waals surface area (Å²) in [4.78, 5) is 7.13. The third-order valence-corrected chi connectivity index (χ3v) is 6.62. The van der Waals surface area contributed by atoms with Crippen LogP contribution in [-0.2, 0) is 0 Å². The molecule has 4 nitrogen and oxygen atoms in total. The predicted octanol–water partition coefficient (Wildman–Crippen LogP) is 2.89. The highest BCUT2D eigenvalue weighted by Crippen LogP contribution is 2.68. The fourth-order valence-electron chi connectivity index (χ4n) is 5.25. The Balaban J connectivity index is 1.49. The molecule has 0 bridgehead atoms. The second-order valence-corrected chi connectivity index (χ2v) is 7.55. The summed E-state index contributed by atoms with van der Waals surface area (Å²) in [5.41, 5.74) is 9.36. The highest BCUT2D eigenvalue weighted by atomic mass is 16.5. The number of fused-ring (bicyclic) bond motifs is 1. The van der Waals surface area contributed by atoms with Crippen LogP contribution in [0.15, 0.2) is 43.1 Å². The number of aromatic nitrogens is 1. The van der Waals surface area contributed by atoms with Crippen molar-refractivity contribution < 1.29 is 4.74 Å². The van der Waals surface area contributed by atoms with Gasteiger partial charge in [0.15, 0.2) is 0 Å². The van der Waals surface area contributed by atoms with Crippen LogP contribution in [0.1, 0.15) is 24.4 Å². The number of pyridine rings is 1. The largest absolute Gasteiger partial charge is 0.497 e. The fraction of sp³-hybridized carbons (Fsp3) is 0.450. The van der Waals surface area contributed by atoms with Crippen LogP contribution < -0.4 is 10.5 Å². The lowest BCUT2D eigenvalue weighted by Crippen LogP contribution is -2.60. The molecule has 1 spiro atoms. The SMILES string of the molecule is C=CC1CN2[C@@H](C(N)c3ccnc4ccc(OC)cc34)CC23CC13. The lowest BCUT2D eigenvalue weighted by Gasteiger charge is -2.50. The van der Waals surface area contributed by atoms with E-state index in [1.807, 2.05) is 18.3 Å². The maximum absolute atomic E-state index is 6.74. The number of methoxy groups -OCH3 is 1. The van der Waals surface area contributed by atoms with E-state index in [1.165, 1.54) is 18.4 Å². The summed E-state index contributed by atoms with van der Waals surface area (Å²) < 4.78 is 5.39. The second kappa shape index (κ2) is 4.80. The quantitative estimate of drug-likeness (QED) is 0.880. The summed E-state index contributed by atoms with van der Waals surface area (Å²) in [6.07, 6.45) is 6.57. The van der Waals surface area contributed by atoms with E-state index in [-0.39, 0.29) is 6.04 Å². The molecule has 5 atom stereocenters. The average Bonchev–Trinajstić information content (AvgIpc) is 3.31. The van der Waals surface area contributed by atoms with Crippen molar-refractivity contribution in [3.63, 3.8) is 0 Å². The van der Waals surface area contributed by atoms with Crippen LogP contribution in [0.3, 0.4) is 0 Å². The predicted molar refractivity (Wildman–Crippen MR) is 94.9 cm³/mol. The molecule has 4 heteroatoms. The van der Waals surface area contributed by atoms with E-state index >= 15 is 0 Å². The van der Waals surface area contributed by atoms with Crippen LogP contribution in [0.5, 0.6) is 5.75 Å². The van der Waals surface area contributed by atoms with Crippen molar-refractivity contribution >= 4 is 10.9 Å². The summed E-state index contributed by atoms with van der Waals surface area (Å²) in [5, 5.41) is 1.11. The Morgan fingerprint density at radius 2 is 2.29 bits per heavy atom. The van der Waals surface area contributed by atoms with Crippen LogP contribution >= 0.6 is 0 Å². The van der Waals surface area contributed by atoms with E-state index in [1.54, 1.807) is 7.11 Å². The molecule has 4 unspecified atom stereocenters. The van der Waals surface area contributed by atoms with Gasteiger partial charge in [0.05, 0.1) is 12.6 Å². The number of hydrogen-bond donors (Lipinski definition) is 1. The van der Waals surface area contributed by atoms with E-state index in [9.17, 15) is 0 Å². The van der Waals surface area contributed by atoms with Gasteiger partial charge < -0.3 is 10.5 Å².